The van der Waals surface area contributed by atoms with Crippen molar-refractivity contribution in [2.45, 2.75) is 40.7 Å². The number of anilines is 1. The minimum Gasteiger partial charge on any atom is -0.461 e. The van der Waals surface area contributed by atoms with E-state index in [-0.39, 0.29) is 17.9 Å². The standard InChI is InChI=1S/C20H24N2O5/c1-6-26-20(25)17-12(3)16(13(4)21-17)19(24)27-14(5)18(23)22-15-9-7-11(2)8-10-15/h7-10,14,21H,6H2,1-5H3,(H,22,23)/t14-/m0/s1. The molecule has 2 N–H and O–H groups in total. The zero-order chi connectivity index (χ0) is 20.1. The van der Waals surface area contributed by atoms with Gasteiger partial charge in [-0.3, -0.25) is 4.79 Å². The molecule has 27 heavy (non-hydrogen) atoms. The molecule has 1 atom stereocenters. The van der Waals surface area contributed by atoms with Crippen LogP contribution in [0.4, 0.5) is 5.69 Å². The van der Waals surface area contributed by atoms with E-state index >= 15 is 0 Å². The Bertz CT molecular complexity index is 852. The smallest absolute Gasteiger partial charge is 0.355 e. The zero-order valence-corrected chi connectivity index (χ0v) is 16.1. The van der Waals surface area contributed by atoms with Crippen LogP contribution in [0.5, 0.6) is 0 Å². The minimum atomic E-state index is -1.00. The van der Waals surface area contributed by atoms with Crippen LogP contribution in [0, 0.1) is 20.8 Å². The van der Waals surface area contributed by atoms with Crippen molar-refractivity contribution in [2.24, 2.45) is 0 Å². The van der Waals surface area contributed by atoms with E-state index in [1.807, 2.05) is 19.1 Å². The van der Waals surface area contributed by atoms with E-state index in [1.54, 1.807) is 32.9 Å². The molecular weight excluding hydrogens is 348 g/mol. The number of carbonyl (C=O) groups is 3. The molecule has 0 spiro atoms. The van der Waals surface area contributed by atoms with Crippen LogP contribution < -0.4 is 5.32 Å². The Balaban J connectivity index is 2.08. The molecule has 1 amide bonds. The fourth-order valence-corrected chi connectivity index (χ4v) is 2.62. The number of benzene rings is 1. The monoisotopic (exact) mass is 372 g/mol. The predicted molar refractivity (Wildman–Crippen MR) is 101 cm³/mol. The number of amides is 1. The molecule has 1 aromatic carbocycles. The number of aryl methyl sites for hydroxylation is 2. The Morgan fingerprint density at radius 2 is 1.70 bits per heavy atom. The highest BCUT2D eigenvalue weighted by Crippen LogP contribution is 2.20. The third-order valence-electron chi connectivity index (χ3n) is 4.09. The summed E-state index contributed by atoms with van der Waals surface area (Å²) in [4.78, 5) is 39.6. The maximum Gasteiger partial charge on any atom is 0.355 e. The lowest BCUT2D eigenvalue weighted by Crippen LogP contribution is -2.30. The van der Waals surface area contributed by atoms with Crippen molar-refractivity contribution in [2.75, 3.05) is 11.9 Å². The topological polar surface area (TPSA) is 97.5 Å². The van der Waals surface area contributed by atoms with Gasteiger partial charge in [0, 0.05) is 11.4 Å². The molecule has 0 aliphatic carbocycles. The fraction of sp³-hybridized carbons (Fsp3) is 0.350. The Hall–Kier alpha value is -3.09. The average Bonchev–Trinajstić information content (AvgIpc) is 2.91. The van der Waals surface area contributed by atoms with Crippen molar-refractivity contribution < 1.29 is 23.9 Å². The minimum absolute atomic E-state index is 0.207. The van der Waals surface area contributed by atoms with Gasteiger partial charge in [0.2, 0.25) is 0 Å². The molecule has 0 bridgehead atoms. The average molecular weight is 372 g/mol. The van der Waals surface area contributed by atoms with Gasteiger partial charge in [0.05, 0.1) is 12.2 Å². The lowest BCUT2D eigenvalue weighted by Gasteiger charge is -2.14. The molecule has 1 aromatic heterocycles. The third-order valence-corrected chi connectivity index (χ3v) is 4.09. The van der Waals surface area contributed by atoms with Gasteiger partial charge in [-0.2, -0.15) is 0 Å². The van der Waals surface area contributed by atoms with Gasteiger partial charge in [-0.25, -0.2) is 9.59 Å². The van der Waals surface area contributed by atoms with E-state index in [2.05, 4.69) is 10.3 Å². The maximum absolute atomic E-state index is 12.5. The Kier molecular flexibility index (Phi) is 6.39. The van der Waals surface area contributed by atoms with Crippen LogP contribution in [0.1, 0.15) is 51.5 Å². The van der Waals surface area contributed by atoms with E-state index in [4.69, 9.17) is 9.47 Å². The second-order valence-electron chi connectivity index (χ2n) is 6.25. The van der Waals surface area contributed by atoms with E-state index in [1.165, 1.54) is 6.92 Å². The zero-order valence-electron chi connectivity index (χ0n) is 16.1. The molecule has 0 radical (unpaired) electrons. The summed E-state index contributed by atoms with van der Waals surface area (Å²) in [6.07, 6.45) is -1.00. The number of aromatic amines is 1. The van der Waals surface area contributed by atoms with E-state index < -0.39 is 23.9 Å². The van der Waals surface area contributed by atoms with Crippen LogP contribution in [0.15, 0.2) is 24.3 Å². The molecule has 1 heterocycles. The van der Waals surface area contributed by atoms with Crippen LogP contribution in [-0.2, 0) is 14.3 Å². The lowest BCUT2D eigenvalue weighted by molar-refractivity contribution is -0.123. The summed E-state index contributed by atoms with van der Waals surface area (Å²) in [5.74, 6) is -1.66. The molecule has 0 aliphatic heterocycles. The van der Waals surface area contributed by atoms with Gasteiger partial charge in [0.1, 0.15) is 5.69 Å². The van der Waals surface area contributed by atoms with Crippen molar-refractivity contribution in [1.29, 1.82) is 0 Å². The van der Waals surface area contributed by atoms with Crippen molar-refractivity contribution in [3.63, 3.8) is 0 Å². The SMILES string of the molecule is CCOC(=O)c1[nH]c(C)c(C(=O)O[C@@H](C)C(=O)Nc2ccc(C)cc2)c1C. The molecular formula is C20H24N2O5. The van der Waals surface area contributed by atoms with Gasteiger partial charge in [-0.05, 0) is 52.3 Å². The number of nitrogens with one attached hydrogen (secondary N) is 2. The van der Waals surface area contributed by atoms with E-state index in [9.17, 15) is 14.4 Å². The molecule has 144 valence electrons. The molecule has 0 aliphatic rings. The summed E-state index contributed by atoms with van der Waals surface area (Å²) in [6, 6.07) is 7.28. The number of aromatic nitrogens is 1. The third kappa shape index (κ3) is 4.75. The largest absolute Gasteiger partial charge is 0.461 e. The number of hydrogen-bond donors (Lipinski definition) is 2. The number of H-pyrrole nitrogens is 1. The summed E-state index contributed by atoms with van der Waals surface area (Å²) in [5, 5.41) is 2.70. The summed E-state index contributed by atoms with van der Waals surface area (Å²) >= 11 is 0. The molecule has 7 heteroatoms. The first-order valence-electron chi connectivity index (χ1n) is 8.69. The number of rotatable bonds is 6. The van der Waals surface area contributed by atoms with Crippen LogP contribution in [0.25, 0.3) is 0 Å². The number of ether oxygens (including phenoxy) is 2. The first-order valence-corrected chi connectivity index (χ1v) is 8.69. The molecule has 2 aromatic rings. The van der Waals surface area contributed by atoms with Crippen molar-refractivity contribution in [1.82, 2.24) is 4.98 Å². The molecule has 0 saturated carbocycles. The van der Waals surface area contributed by atoms with E-state index in [0.717, 1.165) is 5.56 Å². The van der Waals surface area contributed by atoms with Crippen LogP contribution in [0.2, 0.25) is 0 Å². The maximum atomic E-state index is 12.5. The fourth-order valence-electron chi connectivity index (χ4n) is 2.62. The van der Waals surface area contributed by atoms with Gasteiger partial charge in [0.25, 0.3) is 5.91 Å². The van der Waals surface area contributed by atoms with Crippen molar-refractivity contribution in [3.8, 4) is 0 Å². The quantitative estimate of drug-likeness (QED) is 0.758. The van der Waals surface area contributed by atoms with Crippen LogP contribution in [0.3, 0.4) is 0 Å². The summed E-state index contributed by atoms with van der Waals surface area (Å²) in [6.45, 7) is 8.65. The second kappa shape index (κ2) is 8.53. The van der Waals surface area contributed by atoms with Gasteiger partial charge >= 0.3 is 11.9 Å². The predicted octanol–water partition coefficient (Wildman–Crippen LogP) is 3.30. The highest BCUT2D eigenvalue weighted by molar-refractivity contribution is 6.01. The van der Waals surface area contributed by atoms with Gasteiger partial charge < -0.3 is 19.8 Å². The van der Waals surface area contributed by atoms with Crippen LogP contribution in [-0.4, -0.2) is 35.5 Å². The Morgan fingerprint density at radius 3 is 2.30 bits per heavy atom. The van der Waals surface area contributed by atoms with Crippen molar-refractivity contribution in [3.05, 3.63) is 52.3 Å². The Morgan fingerprint density at radius 1 is 1.07 bits per heavy atom. The second-order valence-corrected chi connectivity index (χ2v) is 6.25. The van der Waals surface area contributed by atoms with Crippen molar-refractivity contribution >= 4 is 23.5 Å². The summed E-state index contributed by atoms with van der Waals surface area (Å²) < 4.78 is 10.3. The number of carbonyl (C=O) groups excluding carboxylic acids is 3. The number of esters is 2. The lowest BCUT2D eigenvalue weighted by atomic mass is 10.1. The highest BCUT2D eigenvalue weighted by atomic mass is 16.5. The first kappa shape index (κ1) is 20.2. The van der Waals surface area contributed by atoms with E-state index in [0.29, 0.717) is 16.9 Å². The highest BCUT2D eigenvalue weighted by Gasteiger charge is 2.26. The molecule has 0 unspecified atom stereocenters. The Labute approximate surface area is 158 Å². The molecule has 2 rings (SSSR count). The molecule has 0 fully saturated rings. The summed E-state index contributed by atoms with van der Waals surface area (Å²) in [5.41, 5.74) is 3.04. The summed E-state index contributed by atoms with van der Waals surface area (Å²) in [7, 11) is 0. The van der Waals surface area contributed by atoms with Crippen LogP contribution >= 0.6 is 0 Å². The van der Waals surface area contributed by atoms with Gasteiger partial charge in [0.15, 0.2) is 6.10 Å². The molecule has 7 nitrogen and oxygen atoms in total. The molecule has 0 saturated heterocycles. The first-order chi connectivity index (χ1) is 12.7. The van der Waals surface area contributed by atoms with Gasteiger partial charge in [-0.1, -0.05) is 17.7 Å². The number of hydrogen-bond acceptors (Lipinski definition) is 5. The normalized spacial score (nSPS) is 11.6. The van der Waals surface area contributed by atoms with Gasteiger partial charge in [-0.15, -0.1) is 0 Å².